The van der Waals surface area contributed by atoms with Gasteiger partial charge >= 0.3 is 5.97 Å². The highest BCUT2D eigenvalue weighted by Crippen LogP contribution is 2.07. The van der Waals surface area contributed by atoms with Crippen molar-refractivity contribution in [2.24, 2.45) is 0 Å². The lowest BCUT2D eigenvalue weighted by molar-refractivity contribution is -0.427. The Bertz CT molecular complexity index is 557. The summed E-state index contributed by atoms with van der Waals surface area (Å²) >= 11 is 0. The third kappa shape index (κ3) is 18.2. The summed E-state index contributed by atoms with van der Waals surface area (Å²) in [6, 6.07) is 0. The number of nitro groups is 1. The Kier molecular flexibility index (Phi) is 16.7. The van der Waals surface area contributed by atoms with E-state index in [-0.39, 0.29) is 17.0 Å². The van der Waals surface area contributed by atoms with Crippen LogP contribution in [0.2, 0.25) is 0 Å². The van der Waals surface area contributed by atoms with Gasteiger partial charge in [-0.15, -0.1) is 0 Å². The zero-order valence-electron chi connectivity index (χ0n) is 16.4. The van der Waals surface area contributed by atoms with Gasteiger partial charge < -0.3 is 5.11 Å². The lowest BCUT2D eigenvalue weighted by Crippen LogP contribution is -1.97. The maximum Gasteiger partial charge on any atom is 0.303 e. The number of allylic oxidation sites excluding steroid dienone is 9. The van der Waals surface area contributed by atoms with Crippen LogP contribution < -0.4 is 0 Å². The first-order valence-corrected chi connectivity index (χ1v) is 9.73. The van der Waals surface area contributed by atoms with Crippen LogP contribution in [-0.2, 0) is 4.79 Å². The zero-order chi connectivity index (χ0) is 20.2. The van der Waals surface area contributed by atoms with Crippen LogP contribution in [0.5, 0.6) is 0 Å². The van der Waals surface area contributed by atoms with Gasteiger partial charge in [-0.3, -0.25) is 14.9 Å². The van der Waals surface area contributed by atoms with E-state index in [0.717, 1.165) is 44.9 Å². The Hall–Kier alpha value is -2.43. The first-order valence-electron chi connectivity index (χ1n) is 9.73. The SMILES string of the molecule is CC/C=C\C/C=C\C/C(=C\C/C=C\C/C=C\CCCCCC(=O)O)[N+](=O)[O-]. The Labute approximate surface area is 163 Å². The van der Waals surface area contributed by atoms with E-state index in [2.05, 4.69) is 31.2 Å². The molecule has 0 bridgehead atoms. The van der Waals surface area contributed by atoms with E-state index in [9.17, 15) is 14.9 Å². The molecule has 0 aromatic rings. The first kappa shape index (κ1) is 24.6. The van der Waals surface area contributed by atoms with Crippen LogP contribution in [-0.4, -0.2) is 16.0 Å². The molecule has 0 heterocycles. The van der Waals surface area contributed by atoms with Gasteiger partial charge in [-0.05, 0) is 51.0 Å². The minimum absolute atomic E-state index is 0.229. The zero-order valence-corrected chi connectivity index (χ0v) is 16.4. The topological polar surface area (TPSA) is 80.4 Å². The van der Waals surface area contributed by atoms with Crippen molar-refractivity contribution in [1.29, 1.82) is 0 Å². The van der Waals surface area contributed by atoms with E-state index in [1.54, 1.807) is 6.08 Å². The summed E-state index contributed by atoms with van der Waals surface area (Å²) in [6.45, 7) is 2.07. The summed E-state index contributed by atoms with van der Waals surface area (Å²) in [5.41, 5.74) is 0.229. The van der Waals surface area contributed by atoms with E-state index in [1.165, 1.54) is 0 Å². The second-order valence-corrected chi connectivity index (χ2v) is 6.15. The highest BCUT2D eigenvalue weighted by Gasteiger charge is 2.06. The molecular weight excluding hydrogens is 342 g/mol. The van der Waals surface area contributed by atoms with E-state index in [0.29, 0.717) is 12.8 Å². The summed E-state index contributed by atoms with van der Waals surface area (Å²) < 4.78 is 0. The minimum Gasteiger partial charge on any atom is -0.481 e. The van der Waals surface area contributed by atoms with Crippen molar-refractivity contribution >= 4 is 5.97 Å². The molecule has 0 rings (SSSR count). The number of rotatable bonds is 16. The summed E-state index contributed by atoms with van der Waals surface area (Å²) in [7, 11) is 0. The molecule has 1 N–H and O–H groups in total. The highest BCUT2D eigenvalue weighted by atomic mass is 16.6. The van der Waals surface area contributed by atoms with E-state index >= 15 is 0 Å². The molecule has 27 heavy (non-hydrogen) atoms. The van der Waals surface area contributed by atoms with Crippen molar-refractivity contribution in [3.05, 3.63) is 70.5 Å². The third-order valence-electron chi connectivity index (χ3n) is 3.76. The number of carboxylic acids is 1. The van der Waals surface area contributed by atoms with Gasteiger partial charge in [0.05, 0.1) is 11.3 Å². The second-order valence-electron chi connectivity index (χ2n) is 6.15. The molecular formula is C22H33NO4. The van der Waals surface area contributed by atoms with Crippen molar-refractivity contribution in [1.82, 2.24) is 0 Å². The predicted molar refractivity (Wildman–Crippen MR) is 111 cm³/mol. The van der Waals surface area contributed by atoms with E-state index in [1.807, 2.05) is 24.3 Å². The molecule has 0 spiro atoms. The minimum atomic E-state index is -0.731. The number of hydrogen-bond donors (Lipinski definition) is 1. The van der Waals surface area contributed by atoms with Gasteiger partial charge in [-0.2, -0.15) is 0 Å². The van der Waals surface area contributed by atoms with Crippen molar-refractivity contribution < 1.29 is 14.8 Å². The quantitative estimate of drug-likeness (QED) is 0.147. The van der Waals surface area contributed by atoms with Crippen molar-refractivity contribution in [3.63, 3.8) is 0 Å². The van der Waals surface area contributed by atoms with Crippen molar-refractivity contribution in [2.45, 2.75) is 71.1 Å². The Morgan fingerprint density at radius 3 is 2.19 bits per heavy atom. The van der Waals surface area contributed by atoms with Crippen molar-refractivity contribution in [2.75, 3.05) is 0 Å². The maximum absolute atomic E-state index is 11.0. The summed E-state index contributed by atoms with van der Waals surface area (Å²) in [6.07, 6.45) is 25.1. The van der Waals surface area contributed by atoms with Crippen LogP contribution in [0.15, 0.2) is 60.4 Å². The van der Waals surface area contributed by atoms with Crippen molar-refractivity contribution in [3.8, 4) is 0 Å². The Balaban J connectivity index is 3.95. The molecule has 0 aliphatic rings. The molecule has 0 fully saturated rings. The molecule has 0 radical (unpaired) electrons. The van der Waals surface area contributed by atoms with Gasteiger partial charge in [-0.25, -0.2) is 0 Å². The smallest absolute Gasteiger partial charge is 0.303 e. The van der Waals surface area contributed by atoms with Crippen LogP contribution in [0.25, 0.3) is 0 Å². The molecule has 0 aromatic carbocycles. The Morgan fingerprint density at radius 2 is 1.52 bits per heavy atom. The Morgan fingerprint density at radius 1 is 0.889 bits per heavy atom. The normalized spacial score (nSPS) is 12.9. The van der Waals surface area contributed by atoms with Gasteiger partial charge in [0.25, 0.3) is 0 Å². The fraction of sp³-hybridized carbons (Fsp3) is 0.500. The molecule has 5 heteroatoms. The van der Waals surface area contributed by atoms with Crippen LogP contribution >= 0.6 is 0 Å². The summed E-state index contributed by atoms with van der Waals surface area (Å²) in [5, 5.41) is 19.6. The second kappa shape index (κ2) is 18.4. The molecule has 0 aromatic heterocycles. The molecule has 0 atom stereocenters. The van der Waals surface area contributed by atoms with Gasteiger partial charge in [0, 0.05) is 6.42 Å². The van der Waals surface area contributed by atoms with Crippen LogP contribution in [0.3, 0.4) is 0 Å². The number of carboxylic acid groups (broad SMARTS) is 1. The standard InChI is InChI=1S/C22H33NO4/c1-2-3-4-5-12-15-18-21(23(26)27)19-16-13-10-8-6-7-9-11-14-17-20-22(24)25/h3-4,6-7,10,12-13,15,19H,2,5,8-9,11,14,16-18,20H2,1H3,(H,24,25)/b4-3-,7-6-,13-10-,15-12-,21-19+. The number of nitrogens with zero attached hydrogens (tertiary/aromatic N) is 1. The maximum atomic E-state index is 11.0. The molecule has 0 unspecified atom stereocenters. The number of unbranched alkanes of at least 4 members (excludes halogenated alkanes) is 3. The molecule has 0 aliphatic carbocycles. The monoisotopic (exact) mass is 375 g/mol. The molecule has 150 valence electrons. The first-order chi connectivity index (χ1) is 13.1. The molecule has 0 amide bonds. The lowest BCUT2D eigenvalue weighted by atomic mass is 10.1. The molecule has 0 saturated carbocycles. The van der Waals surface area contributed by atoms with Gasteiger partial charge in [0.1, 0.15) is 0 Å². The fourth-order valence-electron chi connectivity index (χ4n) is 2.28. The number of carbonyl (C=O) groups is 1. The average Bonchev–Trinajstić information content (AvgIpc) is 2.63. The van der Waals surface area contributed by atoms with Gasteiger partial charge in [0.2, 0.25) is 5.70 Å². The summed E-state index contributed by atoms with van der Waals surface area (Å²) in [5.74, 6) is -0.731. The van der Waals surface area contributed by atoms with Gasteiger partial charge in [-0.1, -0.05) is 62.0 Å². The molecule has 0 aliphatic heterocycles. The van der Waals surface area contributed by atoms with Crippen LogP contribution in [0.4, 0.5) is 0 Å². The van der Waals surface area contributed by atoms with Gasteiger partial charge in [0.15, 0.2) is 0 Å². The number of hydrogen-bond acceptors (Lipinski definition) is 3. The highest BCUT2D eigenvalue weighted by molar-refractivity contribution is 5.66. The largest absolute Gasteiger partial charge is 0.481 e. The lowest BCUT2D eigenvalue weighted by Gasteiger charge is -1.95. The van der Waals surface area contributed by atoms with Crippen LogP contribution in [0.1, 0.15) is 71.1 Å². The predicted octanol–water partition coefficient (Wildman–Crippen LogP) is 6.38. The average molecular weight is 376 g/mol. The summed E-state index contributed by atoms with van der Waals surface area (Å²) in [4.78, 5) is 21.1. The van der Waals surface area contributed by atoms with E-state index < -0.39 is 5.97 Å². The fourth-order valence-corrected chi connectivity index (χ4v) is 2.28. The third-order valence-corrected chi connectivity index (χ3v) is 3.76. The van der Waals surface area contributed by atoms with Crippen LogP contribution in [0, 0.1) is 10.1 Å². The molecule has 0 saturated heterocycles. The van der Waals surface area contributed by atoms with E-state index in [4.69, 9.17) is 5.11 Å². The number of aliphatic carboxylic acids is 1. The molecule has 5 nitrogen and oxygen atoms in total.